The van der Waals surface area contributed by atoms with Gasteiger partial charge in [0.2, 0.25) is 15.9 Å². The van der Waals surface area contributed by atoms with Gasteiger partial charge in [-0.25, -0.2) is 8.42 Å². The van der Waals surface area contributed by atoms with Crippen LogP contribution in [0.2, 0.25) is 0 Å². The lowest BCUT2D eigenvalue weighted by Crippen LogP contribution is -2.51. The molecule has 0 spiro atoms. The summed E-state index contributed by atoms with van der Waals surface area (Å²) < 4.78 is 33.0. The Bertz CT molecular complexity index is 999. The van der Waals surface area contributed by atoms with Crippen LogP contribution in [-0.4, -0.2) is 54.4 Å². The molecule has 31 heavy (non-hydrogen) atoms. The van der Waals surface area contributed by atoms with E-state index >= 15 is 0 Å². The molecule has 1 amide bonds. The molecule has 3 heterocycles. The van der Waals surface area contributed by atoms with E-state index in [1.165, 1.54) is 9.87 Å². The Balaban J connectivity index is 1.50. The second-order valence-corrected chi connectivity index (χ2v) is 10.6. The van der Waals surface area contributed by atoms with Gasteiger partial charge in [-0.3, -0.25) is 4.79 Å². The molecule has 0 unspecified atom stereocenters. The SMILES string of the molecule is Cc1noc(C)c1S(=O)(=O)N1CCC[C@@H](C(=O)N2CCCC[C@@H]2Cc2ccccc2)C1. The summed E-state index contributed by atoms with van der Waals surface area (Å²) in [6, 6.07) is 10.5. The molecular weight excluding hydrogens is 414 g/mol. The first-order valence-electron chi connectivity index (χ1n) is 11.2. The molecule has 0 radical (unpaired) electrons. The molecule has 0 N–H and O–H groups in total. The number of hydrogen-bond donors (Lipinski definition) is 0. The quantitative estimate of drug-likeness (QED) is 0.705. The fourth-order valence-corrected chi connectivity index (χ4v) is 6.77. The molecule has 2 saturated heterocycles. The molecule has 8 heteroatoms. The lowest BCUT2D eigenvalue weighted by atomic mass is 9.92. The number of carbonyl (C=O) groups excluding carboxylic acids is 1. The number of sulfonamides is 1. The fourth-order valence-electron chi connectivity index (χ4n) is 4.96. The summed E-state index contributed by atoms with van der Waals surface area (Å²) in [4.78, 5) is 15.7. The molecule has 1 aromatic carbocycles. The maximum Gasteiger partial charge on any atom is 0.248 e. The smallest absolute Gasteiger partial charge is 0.248 e. The van der Waals surface area contributed by atoms with E-state index in [1.54, 1.807) is 13.8 Å². The normalized spacial score (nSPS) is 23.1. The molecule has 0 bridgehead atoms. The molecule has 0 aliphatic carbocycles. The average Bonchev–Trinajstić information content (AvgIpc) is 3.13. The Morgan fingerprint density at radius 3 is 2.58 bits per heavy atom. The summed E-state index contributed by atoms with van der Waals surface area (Å²) >= 11 is 0. The molecule has 4 rings (SSSR count). The van der Waals surface area contributed by atoms with Crippen LogP contribution >= 0.6 is 0 Å². The van der Waals surface area contributed by atoms with Crippen molar-refractivity contribution in [3.8, 4) is 0 Å². The second kappa shape index (κ2) is 9.12. The maximum atomic E-state index is 13.5. The van der Waals surface area contributed by atoms with Crippen LogP contribution in [0.4, 0.5) is 0 Å². The lowest BCUT2D eigenvalue weighted by Gasteiger charge is -2.40. The number of hydrogen-bond acceptors (Lipinski definition) is 5. The van der Waals surface area contributed by atoms with Gasteiger partial charge in [-0.1, -0.05) is 35.5 Å². The molecule has 2 aliphatic rings. The van der Waals surface area contributed by atoms with Crippen molar-refractivity contribution in [2.75, 3.05) is 19.6 Å². The minimum Gasteiger partial charge on any atom is -0.360 e. The summed E-state index contributed by atoms with van der Waals surface area (Å²) in [5.41, 5.74) is 1.60. The van der Waals surface area contributed by atoms with Crippen LogP contribution in [-0.2, 0) is 21.2 Å². The van der Waals surface area contributed by atoms with Crippen molar-refractivity contribution in [2.24, 2.45) is 5.92 Å². The van der Waals surface area contributed by atoms with Crippen LogP contribution in [0.3, 0.4) is 0 Å². The van der Waals surface area contributed by atoms with Crippen LogP contribution < -0.4 is 0 Å². The number of piperidine rings is 2. The van der Waals surface area contributed by atoms with Gasteiger partial charge in [0.1, 0.15) is 10.6 Å². The number of benzene rings is 1. The minimum atomic E-state index is -3.73. The van der Waals surface area contributed by atoms with Crippen molar-refractivity contribution in [2.45, 2.75) is 63.3 Å². The Labute approximate surface area is 184 Å². The molecule has 1 aromatic heterocycles. The van der Waals surface area contributed by atoms with Crippen LogP contribution in [0.5, 0.6) is 0 Å². The van der Waals surface area contributed by atoms with Gasteiger partial charge in [0.15, 0.2) is 5.76 Å². The van der Waals surface area contributed by atoms with E-state index in [1.807, 2.05) is 23.1 Å². The Kier molecular flexibility index (Phi) is 6.48. The first-order valence-corrected chi connectivity index (χ1v) is 12.6. The molecule has 7 nitrogen and oxygen atoms in total. The van der Waals surface area contributed by atoms with E-state index in [0.717, 1.165) is 38.6 Å². The Hall–Kier alpha value is -2.19. The maximum absolute atomic E-state index is 13.5. The largest absolute Gasteiger partial charge is 0.360 e. The highest BCUT2D eigenvalue weighted by atomic mass is 32.2. The van der Waals surface area contributed by atoms with Gasteiger partial charge in [0.25, 0.3) is 0 Å². The monoisotopic (exact) mass is 445 g/mol. The second-order valence-electron chi connectivity index (χ2n) is 8.73. The van der Waals surface area contributed by atoms with Gasteiger partial charge in [-0.05, 0) is 57.9 Å². The summed E-state index contributed by atoms with van der Waals surface area (Å²) in [6.45, 7) is 4.64. The van der Waals surface area contributed by atoms with Gasteiger partial charge in [0.05, 0.1) is 5.92 Å². The molecule has 0 saturated carbocycles. The van der Waals surface area contributed by atoms with Gasteiger partial charge < -0.3 is 9.42 Å². The van der Waals surface area contributed by atoms with E-state index in [2.05, 4.69) is 17.3 Å². The summed E-state index contributed by atoms with van der Waals surface area (Å²) in [5, 5.41) is 3.80. The predicted molar refractivity (Wildman–Crippen MR) is 117 cm³/mol. The third-order valence-corrected chi connectivity index (χ3v) is 8.63. The van der Waals surface area contributed by atoms with Crippen LogP contribution in [0.15, 0.2) is 39.8 Å². The molecule has 2 fully saturated rings. The van der Waals surface area contributed by atoms with Gasteiger partial charge in [0, 0.05) is 25.7 Å². The predicted octanol–water partition coefficient (Wildman–Crippen LogP) is 3.32. The van der Waals surface area contributed by atoms with Crippen molar-refractivity contribution >= 4 is 15.9 Å². The summed E-state index contributed by atoms with van der Waals surface area (Å²) in [7, 11) is -3.73. The molecule has 2 atom stereocenters. The number of carbonyl (C=O) groups is 1. The minimum absolute atomic E-state index is 0.0966. The van der Waals surface area contributed by atoms with Crippen molar-refractivity contribution in [1.82, 2.24) is 14.4 Å². The molecule has 2 aliphatic heterocycles. The van der Waals surface area contributed by atoms with Crippen LogP contribution in [0.25, 0.3) is 0 Å². The van der Waals surface area contributed by atoms with E-state index in [0.29, 0.717) is 24.4 Å². The number of nitrogens with zero attached hydrogens (tertiary/aromatic N) is 3. The topological polar surface area (TPSA) is 83.7 Å². The first-order chi connectivity index (χ1) is 14.9. The zero-order valence-corrected chi connectivity index (χ0v) is 19.1. The highest BCUT2D eigenvalue weighted by molar-refractivity contribution is 7.89. The highest BCUT2D eigenvalue weighted by Crippen LogP contribution is 2.30. The summed E-state index contributed by atoms with van der Waals surface area (Å²) in [5.74, 6) is 0.0876. The molecule has 168 valence electrons. The van der Waals surface area contributed by atoms with E-state index in [4.69, 9.17) is 4.52 Å². The van der Waals surface area contributed by atoms with E-state index in [9.17, 15) is 13.2 Å². The van der Waals surface area contributed by atoms with Crippen molar-refractivity contribution in [3.63, 3.8) is 0 Å². The van der Waals surface area contributed by atoms with E-state index < -0.39 is 10.0 Å². The van der Waals surface area contributed by atoms with Crippen molar-refractivity contribution < 1.29 is 17.7 Å². The first kappa shape index (κ1) is 22.0. The van der Waals surface area contributed by atoms with Gasteiger partial charge >= 0.3 is 0 Å². The third-order valence-electron chi connectivity index (χ3n) is 6.52. The number of aromatic nitrogens is 1. The Morgan fingerprint density at radius 2 is 1.87 bits per heavy atom. The highest BCUT2D eigenvalue weighted by Gasteiger charge is 2.39. The third kappa shape index (κ3) is 4.55. The number of amides is 1. The van der Waals surface area contributed by atoms with Crippen LogP contribution in [0, 0.1) is 19.8 Å². The molecule has 2 aromatic rings. The number of rotatable bonds is 5. The van der Waals surface area contributed by atoms with Crippen molar-refractivity contribution in [3.05, 3.63) is 47.3 Å². The lowest BCUT2D eigenvalue weighted by molar-refractivity contribution is -0.140. The molecular formula is C23H31N3O4S. The zero-order chi connectivity index (χ0) is 22.0. The standard InChI is InChI=1S/C23H31N3O4S/c1-17-22(18(2)30-24-17)31(28,29)25-13-8-11-20(16-25)23(27)26-14-7-6-12-21(26)15-19-9-4-3-5-10-19/h3-5,9-10,20-21H,6-8,11-16H2,1-2H3/t20-,21-/m1/s1. The van der Waals surface area contributed by atoms with Gasteiger partial charge in [-0.2, -0.15) is 4.31 Å². The summed E-state index contributed by atoms with van der Waals surface area (Å²) in [6.07, 6.45) is 5.37. The average molecular weight is 446 g/mol. The fraction of sp³-hybridized carbons (Fsp3) is 0.565. The number of likely N-dealkylation sites (tertiary alicyclic amines) is 1. The number of aryl methyl sites for hydroxylation is 2. The van der Waals surface area contributed by atoms with Gasteiger partial charge in [-0.15, -0.1) is 0 Å². The van der Waals surface area contributed by atoms with E-state index in [-0.39, 0.29) is 29.3 Å². The van der Waals surface area contributed by atoms with Crippen LogP contribution in [0.1, 0.15) is 49.1 Å². The zero-order valence-electron chi connectivity index (χ0n) is 18.3. The Morgan fingerprint density at radius 1 is 1.10 bits per heavy atom. The van der Waals surface area contributed by atoms with Crippen molar-refractivity contribution in [1.29, 1.82) is 0 Å².